The van der Waals surface area contributed by atoms with Gasteiger partial charge in [0.2, 0.25) is 0 Å². The Balaban J connectivity index is 1.65. The fourth-order valence-electron chi connectivity index (χ4n) is 4.10. The molecule has 5 nitrogen and oxygen atoms in total. The molecule has 2 saturated carbocycles. The van der Waals surface area contributed by atoms with E-state index in [9.17, 15) is 4.79 Å². The maximum absolute atomic E-state index is 13.8. The van der Waals surface area contributed by atoms with E-state index < -0.39 is 0 Å². The van der Waals surface area contributed by atoms with Crippen molar-refractivity contribution in [2.24, 2.45) is 5.92 Å². The Morgan fingerprint density at radius 2 is 2.04 bits per heavy atom. The molecule has 0 unspecified atom stereocenters. The SMILES string of the molecule is CC(C)n1ncc2c(C(=O)N(C3CC3)[C@@H](C)C3CC3)cc(-c3cccs3)nc21. The topological polar surface area (TPSA) is 51.0 Å². The van der Waals surface area contributed by atoms with Gasteiger partial charge in [0.15, 0.2) is 5.65 Å². The van der Waals surface area contributed by atoms with Gasteiger partial charge in [-0.3, -0.25) is 4.79 Å². The number of carbonyl (C=O) groups is 1. The average molecular weight is 395 g/mol. The van der Waals surface area contributed by atoms with Crippen LogP contribution in [0.1, 0.15) is 62.9 Å². The highest BCUT2D eigenvalue weighted by Crippen LogP contribution is 2.41. The first-order valence-corrected chi connectivity index (χ1v) is 11.2. The second kappa shape index (κ2) is 6.69. The lowest BCUT2D eigenvalue weighted by Crippen LogP contribution is -2.41. The van der Waals surface area contributed by atoms with Gasteiger partial charge in [-0.05, 0) is 69.9 Å². The molecule has 1 atom stereocenters. The van der Waals surface area contributed by atoms with Crippen molar-refractivity contribution in [3.63, 3.8) is 0 Å². The third kappa shape index (κ3) is 3.04. The van der Waals surface area contributed by atoms with Crippen LogP contribution in [0.5, 0.6) is 0 Å². The van der Waals surface area contributed by atoms with Crippen LogP contribution in [0.2, 0.25) is 0 Å². The number of nitrogens with zero attached hydrogens (tertiary/aromatic N) is 4. The predicted molar refractivity (Wildman–Crippen MR) is 113 cm³/mol. The van der Waals surface area contributed by atoms with Crippen molar-refractivity contribution >= 4 is 28.3 Å². The van der Waals surface area contributed by atoms with E-state index in [0.717, 1.165) is 40.0 Å². The Morgan fingerprint density at radius 3 is 2.64 bits per heavy atom. The lowest BCUT2D eigenvalue weighted by atomic mass is 10.1. The highest BCUT2D eigenvalue weighted by atomic mass is 32.1. The zero-order chi connectivity index (χ0) is 19.4. The molecule has 3 aromatic heterocycles. The van der Waals surface area contributed by atoms with Gasteiger partial charge in [-0.25, -0.2) is 9.67 Å². The molecule has 3 aromatic rings. The summed E-state index contributed by atoms with van der Waals surface area (Å²) >= 11 is 1.65. The normalized spacial score (nSPS) is 18.0. The van der Waals surface area contributed by atoms with Crippen LogP contribution < -0.4 is 0 Å². The van der Waals surface area contributed by atoms with Gasteiger partial charge in [0.1, 0.15) is 0 Å². The van der Waals surface area contributed by atoms with Crippen molar-refractivity contribution in [3.05, 3.63) is 35.3 Å². The number of pyridine rings is 1. The Labute approximate surface area is 169 Å². The number of amides is 1. The number of thiophene rings is 1. The number of aromatic nitrogens is 3. The van der Waals surface area contributed by atoms with E-state index in [0.29, 0.717) is 18.0 Å². The third-order valence-electron chi connectivity index (χ3n) is 5.98. The van der Waals surface area contributed by atoms with Crippen molar-refractivity contribution in [2.45, 2.75) is 64.6 Å². The Bertz CT molecular complexity index is 1010. The lowest BCUT2D eigenvalue weighted by Gasteiger charge is -2.30. The standard InChI is InChI=1S/C22H26N4OS/c1-13(2)26-21-18(12-23-26)17(11-19(24-21)20-5-4-10-28-20)22(27)25(16-8-9-16)14(3)15-6-7-15/h4-5,10-16H,6-9H2,1-3H3/t14-/m0/s1. The fraction of sp³-hybridized carbons (Fsp3) is 0.500. The van der Waals surface area contributed by atoms with Gasteiger partial charge in [-0.15, -0.1) is 11.3 Å². The first-order chi connectivity index (χ1) is 13.5. The van der Waals surface area contributed by atoms with Crippen LogP contribution in [-0.4, -0.2) is 37.7 Å². The van der Waals surface area contributed by atoms with Gasteiger partial charge >= 0.3 is 0 Å². The van der Waals surface area contributed by atoms with Crippen LogP contribution in [0.15, 0.2) is 29.8 Å². The van der Waals surface area contributed by atoms with Crippen molar-refractivity contribution < 1.29 is 4.79 Å². The van der Waals surface area contributed by atoms with Crippen LogP contribution in [-0.2, 0) is 0 Å². The van der Waals surface area contributed by atoms with E-state index in [1.807, 2.05) is 28.4 Å². The van der Waals surface area contributed by atoms with E-state index in [4.69, 9.17) is 4.98 Å². The number of hydrogen-bond acceptors (Lipinski definition) is 4. The van der Waals surface area contributed by atoms with Gasteiger partial charge in [-0.2, -0.15) is 5.10 Å². The zero-order valence-corrected chi connectivity index (χ0v) is 17.4. The van der Waals surface area contributed by atoms with Gasteiger partial charge in [0.25, 0.3) is 5.91 Å². The maximum Gasteiger partial charge on any atom is 0.255 e. The molecule has 0 spiro atoms. The van der Waals surface area contributed by atoms with Gasteiger partial charge in [0, 0.05) is 18.1 Å². The van der Waals surface area contributed by atoms with Crippen LogP contribution >= 0.6 is 11.3 Å². The number of carbonyl (C=O) groups excluding carboxylic acids is 1. The van der Waals surface area contributed by atoms with Crippen LogP contribution in [0.4, 0.5) is 0 Å². The number of rotatable bonds is 6. The van der Waals surface area contributed by atoms with E-state index in [-0.39, 0.29) is 11.9 Å². The molecular weight excluding hydrogens is 368 g/mol. The molecule has 0 aromatic carbocycles. The van der Waals surface area contributed by atoms with E-state index in [2.05, 4.69) is 36.8 Å². The molecule has 28 heavy (non-hydrogen) atoms. The summed E-state index contributed by atoms with van der Waals surface area (Å²) in [4.78, 5) is 21.9. The summed E-state index contributed by atoms with van der Waals surface area (Å²) in [5.41, 5.74) is 2.42. The molecule has 2 fully saturated rings. The minimum atomic E-state index is 0.149. The Kier molecular flexibility index (Phi) is 4.27. The van der Waals surface area contributed by atoms with Crippen molar-refractivity contribution in [1.29, 1.82) is 0 Å². The third-order valence-corrected chi connectivity index (χ3v) is 6.87. The first kappa shape index (κ1) is 17.9. The monoisotopic (exact) mass is 394 g/mol. The van der Waals surface area contributed by atoms with Crippen LogP contribution in [0, 0.1) is 5.92 Å². The first-order valence-electron chi connectivity index (χ1n) is 10.3. The summed E-state index contributed by atoms with van der Waals surface area (Å²) in [6, 6.07) is 6.98. The van der Waals surface area contributed by atoms with Crippen molar-refractivity contribution in [1.82, 2.24) is 19.7 Å². The Hall–Kier alpha value is -2.21. The summed E-state index contributed by atoms with van der Waals surface area (Å²) in [6.45, 7) is 6.42. The summed E-state index contributed by atoms with van der Waals surface area (Å²) in [5, 5.41) is 7.48. The van der Waals surface area contributed by atoms with Crippen molar-refractivity contribution in [2.75, 3.05) is 0 Å². The molecule has 2 aliphatic carbocycles. The second-order valence-corrected chi connectivity index (χ2v) is 9.42. The molecule has 0 bridgehead atoms. The van der Waals surface area contributed by atoms with Crippen molar-refractivity contribution in [3.8, 4) is 10.6 Å². The highest BCUT2D eigenvalue weighted by molar-refractivity contribution is 7.13. The fourth-order valence-corrected chi connectivity index (χ4v) is 4.79. The highest BCUT2D eigenvalue weighted by Gasteiger charge is 2.42. The molecule has 0 N–H and O–H groups in total. The van der Waals surface area contributed by atoms with Gasteiger partial charge in [0.05, 0.1) is 27.7 Å². The van der Waals surface area contributed by atoms with E-state index in [1.54, 1.807) is 11.3 Å². The number of fused-ring (bicyclic) bond motifs is 1. The second-order valence-electron chi connectivity index (χ2n) is 8.47. The van der Waals surface area contributed by atoms with E-state index >= 15 is 0 Å². The molecule has 1 amide bonds. The lowest BCUT2D eigenvalue weighted by molar-refractivity contribution is 0.0656. The number of hydrogen-bond donors (Lipinski definition) is 0. The minimum Gasteiger partial charge on any atom is -0.333 e. The Morgan fingerprint density at radius 1 is 1.25 bits per heavy atom. The molecule has 2 aliphatic rings. The molecule has 6 heteroatoms. The molecular formula is C22H26N4OS. The summed E-state index contributed by atoms with van der Waals surface area (Å²) in [6.07, 6.45) is 6.56. The molecule has 5 rings (SSSR count). The van der Waals surface area contributed by atoms with Crippen LogP contribution in [0.25, 0.3) is 21.6 Å². The summed E-state index contributed by atoms with van der Waals surface area (Å²) in [7, 11) is 0. The minimum absolute atomic E-state index is 0.149. The quantitative estimate of drug-likeness (QED) is 0.581. The molecule has 0 radical (unpaired) electrons. The van der Waals surface area contributed by atoms with Crippen LogP contribution in [0.3, 0.4) is 0 Å². The average Bonchev–Trinajstić information content (AvgIpc) is 3.59. The predicted octanol–water partition coefficient (Wildman–Crippen LogP) is 5.14. The maximum atomic E-state index is 13.8. The van der Waals surface area contributed by atoms with Gasteiger partial charge < -0.3 is 4.90 Å². The van der Waals surface area contributed by atoms with E-state index in [1.165, 1.54) is 12.8 Å². The molecule has 0 saturated heterocycles. The summed E-state index contributed by atoms with van der Waals surface area (Å²) in [5.74, 6) is 0.812. The largest absolute Gasteiger partial charge is 0.333 e. The zero-order valence-electron chi connectivity index (χ0n) is 16.6. The smallest absolute Gasteiger partial charge is 0.255 e. The molecule has 3 heterocycles. The molecule has 0 aliphatic heterocycles. The summed E-state index contributed by atoms with van der Waals surface area (Å²) < 4.78 is 1.93. The molecule has 146 valence electrons. The van der Waals surface area contributed by atoms with Gasteiger partial charge in [-0.1, -0.05) is 6.07 Å².